The van der Waals surface area contributed by atoms with Crippen molar-refractivity contribution in [3.05, 3.63) is 59.9 Å². The van der Waals surface area contributed by atoms with Gasteiger partial charge in [0, 0.05) is 25.5 Å². The van der Waals surface area contributed by atoms with E-state index in [-0.39, 0.29) is 5.75 Å². The Morgan fingerprint density at radius 3 is 2.39 bits per heavy atom. The van der Waals surface area contributed by atoms with Crippen LogP contribution in [0.2, 0.25) is 0 Å². The fourth-order valence-corrected chi connectivity index (χ4v) is 4.59. The van der Waals surface area contributed by atoms with E-state index in [2.05, 4.69) is 14.6 Å². The van der Waals surface area contributed by atoms with Gasteiger partial charge in [-0.2, -0.15) is 0 Å². The number of aryl methyl sites for hydroxylation is 1. The highest BCUT2D eigenvalue weighted by Gasteiger charge is 2.21. The summed E-state index contributed by atoms with van der Waals surface area (Å²) in [6.45, 7) is 3.47. The summed E-state index contributed by atoms with van der Waals surface area (Å²) in [5.41, 5.74) is 2.27. The zero-order valence-corrected chi connectivity index (χ0v) is 17.2. The third kappa shape index (κ3) is 6.58. The second-order valence-corrected chi connectivity index (χ2v) is 9.27. The fourth-order valence-electron chi connectivity index (χ4n) is 3.46. The average Bonchev–Trinajstić information content (AvgIpc) is 2.73. The van der Waals surface area contributed by atoms with Gasteiger partial charge in [0.15, 0.2) is 0 Å². The molecular weight excluding hydrogens is 374 g/mol. The van der Waals surface area contributed by atoms with Crippen LogP contribution in [0.5, 0.6) is 5.75 Å². The summed E-state index contributed by atoms with van der Waals surface area (Å²) in [6.07, 6.45) is 6.19. The zero-order valence-electron chi connectivity index (χ0n) is 16.4. The molecule has 0 bridgehead atoms. The van der Waals surface area contributed by atoms with Crippen LogP contribution in [0.3, 0.4) is 0 Å². The number of hydrogen-bond donors (Lipinski definition) is 1. The van der Waals surface area contributed by atoms with E-state index in [1.807, 2.05) is 48.8 Å². The molecule has 2 aromatic rings. The minimum Gasteiger partial charge on any atom is -0.497 e. The lowest BCUT2D eigenvalue weighted by Gasteiger charge is -2.32. The largest absolute Gasteiger partial charge is 0.497 e. The molecular formula is C21H29N3O3S. The van der Waals surface area contributed by atoms with E-state index < -0.39 is 10.0 Å². The van der Waals surface area contributed by atoms with Crippen molar-refractivity contribution in [1.82, 2.24) is 14.6 Å². The smallest absolute Gasteiger partial charge is 0.211 e. The van der Waals surface area contributed by atoms with Gasteiger partial charge in [0.1, 0.15) is 5.75 Å². The maximum atomic E-state index is 12.3. The van der Waals surface area contributed by atoms with E-state index in [0.717, 1.165) is 43.8 Å². The highest BCUT2D eigenvalue weighted by atomic mass is 32.2. The number of ether oxygens (including phenoxy) is 1. The van der Waals surface area contributed by atoms with Crippen molar-refractivity contribution in [3.8, 4) is 5.75 Å². The van der Waals surface area contributed by atoms with Crippen molar-refractivity contribution in [2.75, 3.05) is 32.5 Å². The lowest BCUT2D eigenvalue weighted by Crippen LogP contribution is -2.39. The van der Waals surface area contributed by atoms with Crippen LogP contribution in [0.15, 0.2) is 48.8 Å². The number of piperidine rings is 1. The van der Waals surface area contributed by atoms with Crippen LogP contribution in [0.1, 0.15) is 24.0 Å². The number of pyridine rings is 1. The summed E-state index contributed by atoms with van der Waals surface area (Å²) in [5.74, 6) is 1.30. The SMILES string of the molecule is COc1ccc(CCS(=O)(=O)NCC2CCN(Cc3ccncc3)CC2)cc1. The lowest BCUT2D eigenvalue weighted by molar-refractivity contribution is 0.178. The number of sulfonamides is 1. The quantitative estimate of drug-likeness (QED) is 0.696. The summed E-state index contributed by atoms with van der Waals surface area (Å²) in [5, 5.41) is 0. The zero-order chi connectivity index (χ0) is 19.8. The number of hydrogen-bond acceptors (Lipinski definition) is 5. The Hall–Kier alpha value is -1.96. The van der Waals surface area contributed by atoms with E-state index in [4.69, 9.17) is 4.74 Å². The molecule has 1 aliphatic heterocycles. The summed E-state index contributed by atoms with van der Waals surface area (Å²) < 4.78 is 32.6. The van der Waals surface area contributed by atoms with E-state index in [9.17, 15) is 8.42 Å². The van der Waals surface area contributed by atoms with Crippen LogP contribution >= 0.6 is 0 Å². The van der Waals surface area contributed by atoms with Gasteiger partial charge >= 0.3 is 0 Å². The lowest BCUT2D eigenvalue weighted by atomic mass is 9.97. The Morgan fingerprint density at radius 2 is 1.75 bits per heavy atom. The number of methoxy groups -OCH3 is 1. The monoisotopic (exact) mass is 403 g/mol. The predicted octanol–water partition coefficient (Wildman–Crippen LogP) is 2.46. The van der Waals surface area contributed by atoms with Crippen LogP contribution in [0.25, 0.3) is 0 Å². The second kappa shape index (κ2) is 10.0. The molecule has 0 atom stereocenters. The predicted molar refractivity (Wildman–Crippen MR) is 111 cm³/mol. The minimum absolute atomic E-state index is 0.111. The maximum absolute atomic E-state index is 12.3. The Bertz CT molecular complexity index is 818. The third-order valence-electron chi connectivity index (χ3n) is 5.27. The van der Waals surface area contributed by atoms with Crippen molar-refractivity contribution in [2.24, 2.45) is 5.92 Å². The molecule has 1 aliphatic rings. The number of nitrogens with one attached hydrogen (secondary N) is 1. The Morgan fingerprint density at radius 1 is 1.07 bits per heavy atom. The molecule has 0 aliphatic carbocycles. The molecule has 1 aromatic carbocycles. The number of rotatable bonds is 9. The maximum Gasteiger partial charge on any atom is 0.211 e. The van der Waals surface area contributed by atoms with Crippen LogP contribution in [0, 0.1) is 5.92 Å². The van der Waals surface area contributed by atoms with E-state index in [1.54, 1.807) is 7.11 Å². The average molecular weight is 404 g/mol. The molecule has 2 heterocycles. The van der Waals surface area contributed by atoms with Gasteiger partial charge in [-0.15, -0.1) is 0 Å². The van der Waals surface area contributed by atoms with Crippen LogP contribution < -0.4 is 9.46 Å². The van der Waals surface area contributed by atoms with Gasteiger partial charge in [-0.3, -0.25) is 9.88 Å². The number of aromatic nitrogens is 1. The first-order valence-corrected chi connectivity index (χ1v) is 11.4. The Kier molecular flexibility index (Phi) is 7.42. The van der Waals surface area contributed by atoms with E-state index in [0.29, 0.717) is 18.9 Å². The van der Waals surface area contributed by atoms with Crippen molar-refractivity contribution < 1.29 is 13.2 Å². The fraction of sp³-hybridized carbons (Fsp3) is 0.476. The van der Waals surface area contributed by atoms with Crippen LogP contribution in [0.4, 0.5) is 0 Å². The molecule has 6 nitrogen and oxygen atoms in total. The Labute approximate surface area is 168 Å². The van der Waals surface area contributed by atoms with Crippen LogP contribution in [-0.2, 0) is 23.0 Å². The molecule has 0 amide bonds. The van der Waals surface area contributed by atoms with Gasteiger partial charge in [0.25, 0.3) is 0 Å². The van der Waals surface area contributed by atoms with Crippen LogP contribution in [-0.4, -0.2) is 50.8 Å². The van der Waals surface area contributed by atoms with E-state index >= 15 is 0 Å². The first-order chi connectivity index (χ1) is 13.5. The van der Waals surface area contributed by atoms with Crippen molar-refractivity contribution in [2.45, 2.75) is 25.8 Å². The third-order valence-corrected chi connectivity index (χ3v) is 6.62. The number of nitrogens with zero attached hydrogens (tertiary/aromatic N) is 2. The van der Waals surface area contributed by atoms with Gasteiger partial charge in [-0.1, -0.05) is 12.1 Å². The first-order valence-electron chi connectivity index (χ1n) is 9.75. The summed E-state index contributed by atoms with van der Waals surface area (Å²) in [4.78, 5) is 6.47. The van der Waals surface area contributed by atoms with Crippen molar-refractivity contribution in [1.29, 1.82) is 0 Å². The molecule has 0 radical (unpaired) electrons. The van der Waals surface area contributed by atoms with Crippen molar-refractivity contribution >= 4 is 10.0 Å². The molecule has 28 heavy (non-hydrogen) atoms. The van der Waals surface area contributed by atoms with Crippen molar-refractivity contribution in [3.63, 3.8) is 0 Å². The molecule has 0 saturated carbocycles. The highest BCUT2D eigenvalue weighted by Crippen LogP contribution is 2.18. The molecule has 0 unspecified atom stereocenters. The minimum atomic E-state index is -3.26. The molecule has 0 spiro atoms. The Balaban J connectivity index is 1.37. The topological polar surface area (TPSA) is 71.5 Å². The standard InChI is InChI=1S/C21H29N3O3S/c1-27-21-4-2-18(3-5-21)10-15-28(25,26)23-16-19-8-13-24(14-9-19)17-20-6-11-22-12-7-20/h2-7,11-12,19,23H,8-10,13-17H2,1H3. The van der Waals surface area contributed by atoms with Gasteiger partial charge in [0.2, 0.25) is 10.0 Å². The molecule has 1 aromatic heterocycles. The molecule has 1 N–H and O–H groups in total. The molecule has 1 fully saturated rings. The van der Waals surface area contributed by atoms with Gasteiger partial charge < -0.3 is 4.74 Å². The number of benzene rings is 1. The van der Waals surface area contributed by atoms with E-state index in [1.165, 1.54) is 5.56 Å². The summed E-state index contributed by atoms with van der Waals surface area (Å²) in [6, 6.07) is 11.6. The number of likely N-dealkylation sites (tertiary alicyclic amines) is 1. The normalized spacial score (nSPS) is 16.2. The molecule has 1 saturated heterocycles. The highest BCUT2D eigenvalue weighted by molar-refractivity contribution is 7.89. The van der Waals surface area contributed by atoms with Gasteiger partial charge in [-0.25, -0.2) is 13.1 Å². The summed E-state index contributed by atoms with van der Waals surface area (Å²) >= 11 is 0. The van der Waals surface area contributed by atoms with Gasteiger partial charge in [-0.05, 0) is 73.7 Å². The second-order valence-electron chi connectivity index (χ2n) is 7.34. The summed E-state index contributed by atoms with van der Waals surface area (Å²) in [7, 11) is -1.64. The van der Waals surface area contributed by atoms with Gasteiger partial charge in [0.05, 0.1) is 12.9 Å². The molecule has 152 valence electrons. The molecule has 7 heteroatoms. The molecule has 3 rings (SSSR count). The first kappa shape index (κ1) is 20.8.